The zero-order chi connectivity index (χ0) is 15.3. The van der Waals surface area contributed by atoms with Crippen molar-refractivity contribution in [1.29, 1.82) is 0 Å². The number of nitrogens with two attached hydrogens (primary N) is 1. The smallest absolute Gasteiger partial charge is 0.0568 e. The molecule has 114 valence electrons. The molecule has 0 heterocycles. The molecule has 0 saturated heterocycles. The van der Waals surface area contributed by atoms with E-state index in [-0.39, 0.29) is 23.3 Å². The Kier molecular flexibility index (Phi) is 6.56. The average molecular weight is 295 g/mol. The molecule has 0 aromatic heterocycles. The van der Waals surface area contributed by atoms with Crippen LogP contribution in [0.2, 0.25) is 0 Å². The van der Waals surface area contributed by atoms with Gasteiger partial charge in [-0.1, -0.05) is 46.8 Å². The van der Waals surface area contributed by atoms with E-state index in [2.05, 4.69) is 58.9 Å². The SMILES string of the molecule is CC(C)CC(N)C(CO)Sc1ccc(C(C)(C)C)cc1. The van der Waals surface area contributed by atoms with Gasteiger partial charge < -0.3 is 10.8 Å². The lowest BCUT2D eigenvalue weighted by atomic mass is 9.87. The highest BCUT2D eigenvalue weighted by Crippen LogP contribution is 2.29. The molecule has 0 aliphatic heterocycles. The molecular formula is C17H29NOS. The van der Waals surface area contributed by atoms with Gasteiger partial charge in [0.2, 0.25) is 0 Å². The Morgan fingerprint density at radius 2 is 1.70 bits per heavy atom. The molecule has 2 atom stereocenters. The molecule has 3 heteroatoms. The lowest BCUT2D eigenvalue weighted by Crippen LogP contribution is -2.36. The number of hydrogen-bond acceptors (Lipinski definition) is 3. The van der Waals surface area contributed by atoms with Crippen molar-refractivity contribution in [1.82, 2.24) is 0 Å². The van der Waals surface area contributed by atoms with Crippen LogP contribution in [0.3, 0.4) is 0 Å². The Bertz CT molecular complexity index is 394. The minimum Gasteiger partial charge on any atom is -0.395 e. The summed E-state index contributed by atoms with van der Waals surface area (Å²) >= 11 is 1.68. The fraction of sp³-hybridized carbons (Fsp3) is 0.647. The van der Waals surface area contributed by atoms with E-state index in [1.807, 2.05) is 0 Å². The van der Waals surface area contributed by atoms with Gasteiger partial charge >= 0.3 is 0 Å². The van der Waals surface area contributed by atoms with E-state index in [0.29, 0.717) is 5.92 Å². The minimum absolute atomic E-state index is 0.0345. The predicted molar refractivity (Wildman–Crippen MR) is 89.3 cm³/mol. The van der Waals surface area contributed by atoms with Gasteiger partial charge in [0.1, 0.15) is 0 Å². The highest BCUT2D eigenvalue weighted by Gasteiger charge is 2.20. The van der Waals surface area contributed by atoms with Crippen molar-refractivity contribution in [2.24, 2.45) is 11.7 Å². The second-order valence-corrected chi connectivity index (χ2v) is 8.22. The molecule has 1 aromatic rings. The standard InChI is InChI=1S/C17H29NOS/c1-12(2)10-15(18)16(11-19)20-14-8-6-13(7-9-14)17(3,4)5/h6-9,12,15-16,19H,10-11,18H2,1-5H3. The molecule has 2 unspecified atom stereocenters. The first-order valence-corrected chi connectivity index (χ1v) is 8.25. The summed E-state index contributed by atoms with van der Waals surface area (Å²) < 4.78 is 0. The highest BCUT2D eigenvalue weighted by atomic mass is 32.2. The summed E-state index contributed by atoms with van der Waals surface area (Å²) in [4.78, 5) is 1.18. The van der Waals surface area contributed by atoms with E-state index in [0.717, 1.165) is 6.42 Å². The Morgan fingerprint density at radius 1 is 1.15 bits per heavy atom. The number of rotatable bonds is 6. The highest BCUT2D eigenvalue weighted by molar-refractivity contribution is 8.00. The van der Waals surface area contributed by atoms with E-state index in [1.165, 1.54) is 10.5 Å². The summed E-state index contributed by atoms with van der Waals surface area (Å²) in [6, 6.07) is 8.65. The lowest BCUT2D eigenvalue weighted by Gasteiger charge is -2.24. The molecule has 0 aliphatic carbocycles. The molecule has 3 N–H and O–H groups in total. The van der Waals surface area contributed by atoms with Crippen molar-refractivity contribution in [3.05, 3.63) is 29.8 Å². The quantitative estimate of drug-likeness (QED) is 0.785. The van der Waals surface area contributed by atoms with Crippen LogP contribution in [0.15, 0.2) is 29.2 Å². The van der Waals surface area contributed by atoms with Crippen LogP contribution in [0.25, 0.3) is 0 Å². The third-order valence-electron chi connectivity index (χ3n) is 3.41. The summed E-state index contributed by atoms with van der Waals surface area (Å²) in [6.45, 7) is 11.1. The summed E-state index contributed by atoms with van der Waals surface area (Å²) in [5, 5.41) is 9.62. The monoisotopic (exact) mass is 295 g/mol. The fourth-order valence-corrected chi connectivity index (χ4v) is 3.17. The van der Waals surface area contributed by atoms with E-state index in [9.17, 15) is 5.11 Å². The van der Waals surface area contributed by atoms with Gasteiger partial charge in [-0.05, 0) is 35.4 Å². The Labute approximate surface area is 128 Å². The first-order chi connectivity index (χ1) is 9.24. The van der Waals surface area contributed by atoms with Crippen LogP contribution in [0.4, 0.5) is 0 Å². The van der Waals surface area contributed by atoms with Gasteiger partial charge in [-0.2, -0.15) is 0 Å². The topological polar surface area (TPSA) is 46.2 Å². The Balaban J connectivity index is 2.71. The van der Waals surface area contributed by atoms with E-state index < -0.39 is 0 Å². The van der Waals surface area contributed by atoms with Crippen molar-refractivity contribution >= 4 is 11.8 Å². The maximum absolute atomic E-state index is 9.55. The molecule has 0 spiro atoms. The van der Waals surface area contributed by atoms with Gasteiger partial charge in [0.15, 0.2) is 0 Å². The Hall–Kier alpha value is -0.510. The first-order valence-electron chi connectivity index (χ1n) is 7.37. The largest absolute Gasteiger partial charge is 0.395 e. The second-order valence-electron chi connectivity index (χ2n) is 6.91. The van der Waals surface area contributed by atoms with Crippen molar-refractivity contribution in [3.8, 4) is 0 Å². The number of hydrogen-bond donors (Lipinski definition) is 2. The third kappa shape index (κ3) is 5.47. The zero-order valence-corrected chi connectivity index (χ0v) is 14.2. The minimum atomic E-state index is 0.0345. The van der Waals surface area contributed by atoms with Crippen LogP contribution < -0.4 is 5.73 Å². The zero-order valence-electron chi connectivity index (χ0n) is 13.4. The van der Waals surface area contributed by atoms with Gasteiger partial charge in [-0.15, -0.1) is 11.8 Å². The van der Waals surface area contributed by atoms with Crippen molar-refractivity contribution in [2.75, 3.05) is 6.61 Å². The second kappa shape index (κ2) is 7.48. The number of aliphatic hydroxyl groups excluding tert-OH is 1. The molecule has 0 saturated carbocycles. The average Bonchev–Trinajstić information content (AvgIpc) is 2.34. The Morgan fingerprint density at radius 3 is 2.10 bits per heavy atom. The summed E-state index contributed by atoms with van der Waals surface area (Å²) in [6.07, 6.45) is 0.943. The van der Waals surface area contributed by atoms with Gasteiger partial charge in [0.05, 0.1) is 6.61 Å². The summed E-state index contributed by atoms with van der Waals surface area (Å²) in [5.41, 5.74) is 7.70. The van der Waals surface area contributed by atoms with Crippen molar-refractivity contribution in [3.63, 3.8) is 0 Å². The maximum atomic E-state index is 9.55. The fourth-order valence-electron chi connectivity index (χ4n) is 2.16. The van der Waals surface area contributed by atoms with Crippen LogP contribution >= 0.6 is 11.8 Å². The molecule has 20 heavy (non-hydrogen) atoms. The number of thioether (sulfide) groups is 1. The maximum Gasteiger partial charge on any atom is 0.0568 e. The normalized spacial score (nSPS) is 15.4. The van der Waals surface area contributed by atoms with Gasteiger partial charge in [-0.3, -0.25) is 0 Å². The van der Waals surface area contributed by atoms with E-state index >= 15 is 0 Å². The summed E-state index contributed by atoms with van der Waals surface area (Å²) in [7, 11) is 0. The van der Waals surface area contributed by atoms with Crippen molar-refractivity contribution in [2.45, 2.75) is 62.6 Å². The molecule has 1 aromatic carbocycles. The predicted octanol–water partition coefficient (Wildman–Crippen LogP) is 3.81. The van der Waals surface area contributed by atoms with Gasteiger partial charge in [0.25, 0.3) is 0 Å². The molecule has 0 aliphatic rings. The van der Waals surface area contributed by atoms with E-state index in [1.54, 1.807) is 11.8 Å². The van der Waals surface area contributed by atoms with Gasteiger partial charge in [0, 0.05) is 16.2 Å². The molecule has 0 radical (unpaired) electrons. The molecule has 0 fully saturated rings. The molecular weight excluding hydrogens is 266 g/mol. The van der Waals surface area contributed by atoms with E-state index in [4.69, 9.17) is 5.73 Å². The van der Waals surface area contributed by atoms with Gasteiger partial charge in [-0.25, -0.2) is 0 Å². The molecule has 0 amide bonds. The summed E-state index contributed by atoms with van der Waals surface area (Å²) in [5.74, 6) is 0.558. The third-order valence-corrected chi connectivity index (χ3v) is 4.75. The van der Waals surface area contributed by atoms with Crippen LogP contribution in [0, 0.1) is 5.92 Å². The lowest BCUT2D eigenvalue weighted by molar-refractivity contribution is 0.275. The molecule has 0 bridgehead atoms. The molecule has 1 rings (SSSR count). The van der Waals surface area contributed by atoms with Crippen LogP contribution in [0.1, 0.15) is 46.6 Å². The van der Waals surface area contributed by atoms with Crippen LogP contribution in [0.5, 0.6) is 0 Å². The number of aliphatic hydroxyl groups is 1. The van der Waals surface area contributed by atoms with Crippen LogP contribution in [-0.2, 0) is 5.41 Å². The molecule has 2 nitrogen and oxygen atoms in total. The van der Waals surface area contributed by atoms with Crippen molar-refractivity contribution < 1.29 is 5.11 Å². The number of benzene rings is 1. The van der Waals surface area contributed by atoms with Crippen LogP contribution in [-0.4, -0.2) is 23.0 Å². The first kappa shape index (κ1) is 17.5.